The number of nitrogens with one attached hydrogen (secondary N) is 1. The molecule has 1 aliphatic heterocycles. The number of nitrogens with zero attached hydrogens (tertiary/aromatic N) is 3. The highest BCUT2D eigenvalue weighted by Crippen LogP contribution is 2.25. The summed E-state index contributed by atoms with van der Waals surface area (Å²) in [7, 11) is 0. The summed E-state index contributed by atoms with van der Waals surface area (Å²) in [6, 6.07) is 5.72. The summed E-state index contributed by atoms with van der Waals surface area (Å²) < 4.78 is 5.95. The lowest BCUT2D eigenvalue weighted by Gasteiger charge is -2.22. The number of aliphatic hydroxyl groups excluding tert-OH is 1. The Morgan fingerprint density at radius 3 is 2.96 bits per heavy atom. The molecule has 2 N–H and O–H groups in total. The molecule has 3 rings (SSSR count). The van der Waals surface area contributed by atoms with Crippen LogP contribution in [0.2, 0.25) is 0 Å². The van der Waals surface area contributed by atoms with Crippen molar-refractivity contribution in [2.75, 3.05) is 26.2 Å². The highest BCUT2D eigenvalue weighted by atomic mass is 127. The van der Waals surface area contributed by atoms with Gasteiger partial charge in [0.1, 0.15) is 6.10 Å². The van der Waals surface area contributed by atoms with Crippen LogP contribution < -0.4 is 10.1 Å². The first-order chi connectivity index (χ1) is 11.8. The fraction of sp³-hybridized carbons (Fsp3) is 0.667. The molecule has 1 saturated carbocycles. The van der Waals surface area contributed by atoms with Gasteiger partial charge in [0.2, 0.25) is 5.88 Å². The van der Waals surface area contributed by atoms with Crippen LogP contribution in [0.3, 0.4) is 0 Å². The molecule has 3 unspecified atom stereocenters. The van der Waals surface area contributed by atoms with Crippen LogP contribution in [0.5, 0.6) is 5.88 Å². The zero-order valence-electron chi connectivity index (χ0n) is 14.8. The fourth-order valence-corrected chi connectivity index (χ4v) is 3.46. The number of ether oxygens (including phenoxy) is 1. The van der Waals surface area contributed by atoms with Gasteiger partial charge < -0.3 is 20.1 Å². The molecule has 0 amide bonds. The summed E-state index contributed by atoms with van der Waals surface area (Å²) in [5.74, 6) is 1.92. The molecular formula is C18H29IN4O2. The van der Waals surface area contributed by atoms with E-state index in [1.165, 1.54) is 0 Å². The van der Waals surface area contributed by atoms with Crippen LogP contribution in [-0.4, -0.2) is 59.3 Å². The second-order valence-corrected chi connectivity index (χ2v) is 6.60. The van der Waals surface area contributed by atoms with E-state index < -0.39 is 0 Å². The third kappa shape index (κ3) is 5.70. The lowest BCUT2D eigenvalue weighted by molar-refractivity contribution is 0.136. The van der Waals surface area contributed by atoms with E-state index in [1.807, 2.05) is 18.2 Å². The van der Waals surface area contributed by atoms with Crippen molar-refractivity contribution in [3.05, 3.63) is 24.4 Å². The van der Waals surface area contributed by atoms with Gasteiger partial charge in [-0.15, -0.1) is 24.0 Å². The molecule has 2 heterocycles. The van der Waals surface area contributed by atoms with Crippen molar-refractivity contribution < 1.29 is 9.84 Å². The maximum atomic E-state index is 9.97. The van der Waals surface area contributed by atoms with Gasteiger partial charge in [-0.05, 0) is 25.8 Å². The van der Waals surface area contributed by atoms with Gasteiger partial charge in [-0.3, -0.25) is 4.99 Å². The minimum absolute atomic E-state index is 0. The zero-order valence-corrected chi connectivity index (χ0v) is 17.1. The summed E-state index contributed by atoms with van der Waals surface area (Å²) in [4.78, 5) is 11.2. The quantitative estimate of drug-likeness (QED) is 0.401. The molecule has 0 spiro atoms. The number of rotatable bonds is 5. The van der Waals surface area contributed by atoms with Crippen LogP contribution in [-0.2, 0) is 0 Å². The number of hydrogen-bond acceptors (Lipinski definition) is 4. The lowest BCUT2D eigenvalue weighted by Crippen LogP contribution is -2.41. The van der Waals surface area contributed by atoms with E-state index in [0.29, 0.717) is 18.3 Å². The molecule has 2 fully saturated rings. The SMILES string of the molecule is CCNC(=NCC1CCCC1O)N1CCC(Oc2ccccn2)C1.I. The zero-order chi connectivity index (χ0) is 16.8. The van der Waals surface area contributed by atoms with E-state index in [1.54, 1.807) is 6.20 Å². The molecule has 3 atom stereocenters. The molecule has 0 bridgehead atoms. The second kappa shape index (κ2) is 10.2. The fourth-order valence-electron chi connectivity index (χ4n) is 3.46. The van der Waals surface area contributed by atoms with E-state index in [4.69, 9.17) is 9.73 Å². The first kappa shape index (κ1) is 20.2. The van der Waals surface area contributed by atoms with Crippen LogP contribution in [0.25, 0.3) is 0 Å². The number of hydrogen-bond donors (Lipinski definition) is 2. The van der Waals surface area contributed by atoms with E-state index >= 15 is 0 Å². The highest BCUT2D eigenvalue weighted by molar-refractivity contribution is 14.0. The number of aliphatic imine (C=N–C) groups is 1. The molecule has 0 aromatic carbocycles. The number of pyridine rings is 1. The summed E-state index contributed by atoms with van der Waals surface area (Å²) in [6.45, 7) is 5.37. The minimum Gasteiger partial charge on any atom is -0.472 e. The van der Waals surface area contributed by atoms with Gasteiger partial charge in [-0.1, -0.05) is 12.5 Å². The first-order valence-electron chi connectivity index (χ1n) is 9.05. The van der Waals surface area contributed by atoms with Gasteiger partial charge in [0, 0.05) is 44.2 Å². The highest BCUT2D eigenvalue weighted by Gasteiger charge is 2.28. The smallest absolute Gasteiger partial charge is 0.213 e. The molecule has 6 nitrogen and oxygen atoms in total. The van der Waals surface area contributed by atoms with Crippen molar-refractivity contribution in [2.45, 2.75) is 44.8 Å². The van der Waals surface area contributed by atoms with Crippen LogP contribution in [0.1, 0.15) is 32.6 Å². The Labute approximate surface area is 167 Å². The Kier molecular flexibility index (Phi) is 8.21. The molecule has 25 heavy (non-hydrogen) atoms. The van der Waals surface area contributed by atoms with Crippen LogP contribution in [0, 0.1) is 5.92 Å². The third-order valence-electron chi connectivity index (χ3n) is 4.80. The van der Waals surface area contributed by atoms with E-state index in [-0.39, 0.29) is 36.2 Å². The molecule has 7 heteroatoms. The average molecular weight is 460 g/mol. The van der Waals surface area contributed by atoms with Gasteiger partial charge in [0.15, 0.2) is 5.96 Å². The Morgan fingerprint density at radius 2 is 2.28 bits per heavy atom. The van der Waals surface area contributed by atoms with Gasteiger partial charge in [0.25, 0.3) is 0 Å². The number of aliphatic hydroxyl groups is 1. The van der Waals surface area contributed by atoms with Crippen molar-refractivity contribution in [2.24, 2.45) is 10.9 Å². The van der Waals surface area contributed by atoms with Gasteiger partial charge in [0.05, 0.1) is 12.6 Å². The van der Waals surface area contributed by atoms with E-state index in [9.17, 15) is 5.11 Å². The molecule has 140 valence electrons. The van der Waals surface area contributed by atoms with Gasteiger partial charge in [-0.2, -0.15) is 0 Å². The lowest BCUT2D eigenvalue weighted by atomic mass is 10.1. The third-order valence-corrected chi connectivity index (χ3v) is 4.80. The van der Waals surface area contributed by atoms with Gasteiger partial charge >= 0.3 is 0 Å². The number of aromatic nitrogens is 1. The standard InChI is InChI=1S/C18H28N4O2.HI/c1-2-19-18(21-12-14-6-5-7-16(14)23)22-11-9-15(13-22)24-17-8-3-4-10-20-17;/h3-4,8,10,14-16,23H,2,5-7,9,11-13H2,1H3,(H,19,21);1H. The van der Waals surface area contributed by atoms with Crippen molar-refractivity contribution in [1.29, 1.82) is 0 Å². The Morgan fingerprint density at radius 1 is 1.40 bits per heavy atom. The summed E-state index contributed by atoms with van der Waals surface area (Å²) in [6.07, 6.45) is 5.78. The maximum absolute atomic E-state index is 9.97. The predicted octanol–water partition coefficient (Wildman–Crippen LogP) is 2.28. The Balaban J connectivity index is 0.00000225. The van der Waals surface area contributed by atoms with Gasteiger partial charge in [-0.25, -0.2) is 4.98 Å². The monoisotopic (exact) mass is 460 g/mol. The molecule has 0 radical (unpaired) electrons. The van der Waals surface area contributed by atoms with E-state index in [2.05, 4.69) is 22.1 Å². The topological polar surface area (TPSA) is 70.0 Å². The Hall–Kier alpha value is -1.09. The number of likely N-dealkylation sites (tertiary alicyclic amines) is 1. The maximum Gasteiger partial charge on any atom is 0.213 e. The largest absolute Gasteiger partial charge is 0.472 e. The predicted molar refractivity (Wildman–Crippen MR) is 110 cm³/mol. The molecular weight excluding hydrogens is 431 g/mol. The molecule has 1 aromatic rings. The summed E-state index contributed by atoms with van der Waals surface area (Å²) in [5.41, 5.74) is 0. The van der Waals surface area contributed by atoms with Crippen LogP contribution >= 0.6 is 24.0 Å². The number of guanidine groups is 1. The van der Waals surface area contributed by atoms with Crippen molar-refractivity contribution in [3.63, 3.8) is 0 Å². The molecule has 1 aliphatic carbocycles. The van der Waals surface area contributed by atoms with Crippen LogP contribution in [0.15, 0.2) is 29.4 Å². The van der Waals surface area contributed by atoms with E-state index in [0.717, 1.165) is 51.3 Å². The van der Waals surface area contributed by atoms with Crippen molar-refractivity contribution in [1.82, 2.24) is 15.2 Å². The second-order valence-electron chi connectivity index (χ2n) is 6.60. The number of halogens is 1. The Bertz CT molecular complexity index is 543. The normalized spacial score (nSPS) is 26.4. The van der Waals surface area contributed by atoms with Crippen molar-refractivity contribution in [3.8, 4) is 5.88 Å². The minimum atomic E-state index is -0.185. The summed E-state index contributed by atoms with van der Waals surface area (Å²) in [5, 5.41) is 13.3. The van der Waals surface area contributed by atoms with Crippen LogP contribution in [0.4, 0.5) is 0 Å². The molecule has 2 aliphatic rings. The molecule has 1 saturated heterocycles. The van der Waals surface area contributed by atoms with Crippen molar-refractivity contribution >= 4 is 29.9 Å². The first-order valence-corrected chi connectivity index (χ1v) is 9.05. The average Bonchev–Trinajstić information content (AvgIpc) is 3.22. The summed E-state index contributed by atoms with van der Waals surface area (Å²) >= 11 is 0. The molecule has 1 aromatic heterocycles.